The van der Waals surface area contributed by atoms with Crippen molar-refractivity contribution in [2.75, 3.05) is 73.0 Å². The highest BCUT2D eigenvalue weighted by Crippen LogP contribution is 2.38. The molecule has 2 aliphatic rings. The van der Waals surface area contributed by atoms with Crippen molar-refractivity contribution in [3.05, 3.63) is 0 Å². The summed E-state index contributed by atoms with van der Waals surface area (Å²) >= 11 is 0. The summed E-state index contributed by atoms with van der Waals surface area (Å²) in [6.45, 7) is 13.3. The molecule has 0 amide bonds. The smallest absolute Gasteiger partial charge is 0.0110 e. The minimum absolute atomic E-state index is 0.571. The first-order chi connectivity index (χ1) is 10.1. The lowest BCUT2D eigenvalue weighted by Gasteiger charge is -2.40. The maximum absolute atomic E-state index is 3.62. The van der Waals surface area contributed by atoms with Gasteiger partial charge in [-0.25, -0.2) is 0 Å². The van der Waals surface area contributed by atoms with Crippen LogP contribution in [0, 0.1) is 5.41 Å². The summed E-state index contributed by atoms with van der Waals surface area (Å²) in [5.74, 6) is 0. The predicted molar refractivity (Wildman–Crippen MR) is 90.9 cm³/mol. The van der Waals surface area contributed by atoms with Crippen LogP contribution in [0.4, 0.5) is 0 Å². The quantitative estimate of drug-likeness (QED) is 0.729. The van der Waals surface area contributed by atoms with Crippen molar-refractivity contribution < 1.29 is 0 Å². The van der Waals surface area contributed by atoms with Gasteiger partial charge in [-0.1, -0.05) is 19.8 Å². The van der Waals surface area contributed by atoms with E-state index >= 15 is 0 Å². The van der Waals surface area contributed by atoms with Crippen LogP contribution in [0.5, 0.6) is 0 Å². The Morgan fingerprint density at radius 1 is 1.00 bits per heavy atom. The summed E-state index contributed by atoms with van der Waals surface area (Å²) in [6, 6.07) is 0. The molecular weight excluding hydrogens is 260 g/mol. The van der Waals surface area contributed by atoms with Crippen LogP contribution >= 0.6 is 0 Å². The van der Waals surface area contributed by atoms with E-state index in [1.165, 1.54) is 78.0 Å². The SMILES string of the molecule is CCNCC1(CN2CCN(CCN(C)C)CC2)CCCC1. The first-order valence-electron chi connectivity index (χ1n) is 8.94. The molecule has 0 aromatic heterocycles. The lowest BCUT2D eigenvalue weighted by atomic mass is 9.85. The van der Waals surface area contributed by atoms with E-state index in [2.05, 4.69) is 41.0 Å². The van der Waals surface area contributed by atoms with E-state index in [9.17, 15) is 0 Å². The first kappa shape index (κ1) is 17.2. The zero-order valence-corrected chi connectivity index (χ0v) is 14.5. The van der Waals surface area contributed by atoms with Crippen molar-refractivity contribution in [3.8, 4) is 0 Å². The van der Waals surface area contributed by atoms with Gasteiger partial charge in [-0.15, -0.1) is 0 Å². The van der Waals surface area contributed by atoms with Gasteiger partial charge in [-0.2, -0.15) is 0 Å². The van der Waals surface area contributed by atoms with Crippen molar-refractivity contribution >= 4 is 0 Å². The molecule has 4 heteroatoms. The van der Waals surface area contributed by atoms with Gasteiger partial charge in [-0.3, -0.25) is 4.90 Å². The standard InChI is InChI=1S/C17H36N4/c1-4-18-15-17(7-5-6-8-17)16-21-13-11-20(12-14-21)10-9-19(2)3/h18H,4-16H2,1-3H3. The third kappa shape index (κ3) is 5.51. The molecule has 124 valence electrons. The topological polar surface area (TPSA) is 21.8 Å². The van der Waals surface area contributed by atoms with Crippen LogP contribution in [0.25, 0.3) is 0 Å². The summed E-state index contributed by atoms with van der Waals surface area (Å²) in [7, 11) is 4.33. The fourth-order valence-corrected chi connectivity index (χ4v) is 3.89. The molecule has 0 aromatic carbocycles. The minimum atomic E-state index is 0.571. The van der Waals surface area contributed by atoms with Gasteiger partial charge in [0.05, 0.1) is 0 Å². The molecule has 1 saturated carbocycles. The number of hydrogen-bond donors (Lipinski definition) is 1. The molecule has 1 saturated heterocycles. The van der Waals surface area contributed by atoms with E-state index < -0.39 is 0 Å². The van der Waals surface area contributed by atoms with Crippen molar-refractivity contribution in [1.29, 1.82) is 0 Å². The van der Waals surface area contributed by atoms with Gasteiger partial charge in [0, 0.05) is 52.4 Å². The second kappa shape index (κ2) is 8.47. The molecule has 1 aliphatic heterocycles. The van der Waals surface area contributed by atoms with Crippen molar-refractivity contribution in [2.24, 2.45) is 5.41 Å². The average Bonchev–Trinajstić information content (AvgIpc) is 2.93. The van der Waals surface area contributed by atoms with Crippen molar-refractivity contribution in [2.45, 2.75) is 32.6 Å². The van der Waals surface area contributed by atoms with Crippen LogP contribution in [0.3, 0.4) is 0 Å². The molecule has 1 aliphatic carbocycles. The molecule has 0 radical (unpaired) electrons. The fraction of sp³-hybridized carbons (Fsp3) is 1.00. The van der Waals surface area contributed by atoms with Gasteiger partial charge < -0.3 is 15.1 Å². The molecule has 21 heavy (non-hydrogen) atoms. The number of piperazine rings is 1. The molecule has 0 atom stereocenters. The van der Waals surface area contributed by atoms with Crippen molar-refractivity contribution in [1.82, 2.24) is 20.0 Å². The van der Waals surface area contributed by atoms with Crippen LogP contribution in [-0.4, -0.2) is 87.7 Å². The Bertz CT molecular complexity index is 279. The Morgan fingerprint density at radius 3 is 2.19 bits per heavy atom. The van der Waals surface area contributed by atoms with Gasteiger partial charge in [0.1, 0.15) is 0 Å². The number of nitrogens with one attached hydrogen (secondary N) is 1. The maximum Gasteiger partial charge on any atom is 0.0110 e. The molecule has 0 unspecified atom stereocenters. The van der Waals surface area contributed by atoms with Gasteiger partial charge in [0.2, 0.25) is 0 Å². The normalized spacial score (nSPS) is 24.0. The minimum Gasteiger partial charge on any atom is -0.316 e. The van der Waals surface area contributed by atoms with E-state index in [4.69, 9.17) is 0 Å². The number of rotatable bonds is 8. The zero-order chi connectivity index (χ0) is 15.1. The third-order valence-electron chi connectivity index (χ3n) is 5.30. The molecular formula is C17H36N4. The van der Waals surface area contributed by atoms with Gasteiger partial charge >= 0.3 is 0 Å². The summed E-state index contributed by atoms with van der Waals surface area (Å²) in [4.78, 5) is 7.65. The highest BCUT2D eigenvalue weighted by Gasteiger charge is 2.35. The van der Waals surface area contributed by atoms with Crippen molar-refractivity contribution in [3.63, 3.8) is 0 Å². The molecule has 2 fully saturated rings. The van der Waals surface area contributed by atoms with Gasteiger partial charge in [-0.05, 0) is 38.9 Å². The molecule has 4 nitrogen and oxygen atoms in total. The van der Waals surface area contributed by atoms with Crippen LogP contribution in [0.2, 0.25) is 0 Å². The third-order valence-corrected chi connectivity index (χ3v) is 5.30. The average molecular weight is 297 g/mol. The van der Waals surface area contributed by atoms with E-state index in [0.717, 1.165) is 6.54 Å². The molecule has 1 N–H and O–H groups in total. The maximum atomic E-state index is 3.62. The highest BCUT2D eigenvalue weighted by atomic mass is 15.3. The fourth-order valence-electron chi connectivity index (χ4n) is 3.89. The number of hydrogen-bond acceptors (Lipinski definition) is 4. The predicted octanol–water partition coefficient (Wildman–Crippen LogP) is 1.34. The first-order valence-corrected chi connectivity index (χ1v) is 8.94. The molecule has 0 bridgehead atoms. The van der Waals surface area contributed by atoms with E-state index in [0.29, 0.717) is 5.41 Å². The molecule has 0 aromatic rings. The van der Waals surface area contributed by atoms with Gasteiger partial charge in [0.25, 0.3) is 0 Å². The van der Waals surface area contributed by atoms with E-state index in [-0.39, 0.29) is 0 Å². The Balaban J connectivity index is 1.73. The van der Waals surface area contributed by atoms with Crippen LogP contribution in [0.1, 0.15) is 32.6 Å². The summed E-state index contributed by atoms with van der Waals surface area (Å²) in [6.07, 6.45) is 5.74. The lowest BCUT2D eigenvalue weighted by molar-refractivity contribution is 0.0822. The second-order valence-electron chi connectivity index (χ2n) is 7.41. The highest BCUT2D eigenvalue weighted by molar-refractivity contribution is 4.90. The summed E-state index contributed by atoms with van der Waals surface area (Å²) in [5.41, 5.74) is 0.571. The Labute approximate surface area is 131 Å². The summed E-state index contributed by atoms with van der Waals surface area (Å²) < 4.78 is 0. The summed E-state index contributed by atoms with van der Waals surface area (Å²) in [5, 5.41) is 3.62. The Kier molecular flexibility index (Phi) is 6.93. The lowest BCUT2D eigenvalue weighted by Crippen LogP contribution is -2.52. The molecule has 0 spiro atoms. The van der Waals surface area contributed by atoms with E-state index in [1.54, 1.807) is 0 Å². The Morgan fingerprint density at radius 2 is 1.62 bits per heavy atom. The number of likely N-dealkylation sites (N-methyl/N-ethyl adjacent to an activating group) is 1. The molecule has 2 rings (SSSR count). The Hall–Kier alpha value is -0.160. The van der Waals surface area contributed by atoms with Crippen LogP contribution in [0.15, 0.2) is 0 Å². The van der Waals surface area contributed by atoms with E-state index in [1.807, 2.05) is 0 Å². The van der Waals surface area contributed by atoms with Gasteiger partial charge in [0.15, 0.2) is 0 Å². The monoisotopic (exact) mass is 296 g/mol. The van der Waals surface area contributed by atoms with Crippen LogP contribution < -0.4 is 5.32 Å². The largest absolute Gasteiger partial charge is 0.316 e. The number of nitrogens with zero attached hydrogens (tertiary/aromatic N) is 3. The molecule has 1 heterocycles. The zero-order valence-electron chi connectivity index (χ0n) is 14.5. The second-order valence-corrected chi connectivity index (χ2v) is 7.41. The van der Waals surface area contributed by atoms with Crippen LogP contribution in [-0.2, 0) is 0 Å².